The number of nitrogens with zero attached hydrogens (tertiary/aromatic N) is 1. The number of halogens is 2. The molecule has 7 heteroatoms. The molecule has 0 aliphatic heterocycles. The summed E-state index contributed by atoms with van der Waals surface area (Å²) < 4.78 is 38.4. The van der Waals surface area contributed by atoms with Gasteiger partial charge in [0.15, 0.2) is 23.1 Å². The van der Waals surface area contributed by atoms with Crippen LogP contribution in [0.1, 0.15) is 10.4 Å². The van der Waals surface area contributed by atoms with Crippen molar-refractivity contribution in [3.8, 4) is 28.5 Å². The van der Waals surface area contributed by atoms with E-state index in [4.69, 9.17) is 4.42 Å². The zero-order valence-corrected chi connectivity index (χ0v) is 15.9. The average molecular weight is 406 g/mol. The predicted molar refractivity (Wildman–Crippen MR) is 108 cm³/mol. The number of carbonyl (C=O) groups is 1. The first kappa shape index (κ1) is 19.3. The van der Waals surface area contributed by atoms with Crippen LogP contribution in [0.25, 0.3) is 22.8 Å². The van der Waals surface area contributed by atoms with Crippen molar-refractivity contribution in [2.24, 2.45) is 0 Å². The van der Waals surface area contributed by atoms with Crippen molar-refractivity contribution in [1.82, 2.24) is 4.98 Å². The van der Waals surface area contributed by atoms with Gasteiger partial charge in [-0.25, -0.2) is 13.8 Å². The number of amides is 1. The van der Waals surface area contributed by atoms with Gasteiger partial charge in [-0.2, -0.15) is 0 Å². The van der Waals surface area contributed by atoms with E-state index in [0.717, 1.165) is 24.8 Å². The number of ether oxygens (including phenoxy) is 1. The van der Waals surface area contributed by atoms with Gasteiger partial charge < -0.3 is 14.5 Å². The third-order valence-electron chi connectivity index (χ3n) is 4.43. The van der Waals surface area contributed by atoms with Crippen molar-refractivity contribution in [1.29, 1.82) is 0 Å². The molecule has 1 N–H and O–H groups in total. The van der Waals surface area contributed by atoms with Crippen LogP contribution < -0.4 is 10.1 Å². The fourth-order valence-corrected chi connectivity index (χ4v) is 3.03. The fourth-order valence-electron chi connectivity index (χ4n) is 3.03. The Kier molecular flexibility index (Phi) is 5.26. The lowest BCUT2D eigenvalue weighted by Crippen LogP contribution is -2.13. The Bertz CT molecular complexity index is 1180. The highest BCUT2D eigenvalue weighted by atomic mass is 19.1. The minimum absolute atomic E-state index is 0.0389. The van der Waals surface area contributed by atoms with E-state index in [1.54, 1.807) is 30.5 Å². The molecule has 5 nitrogen and oxygen atoms in total. The van der Waals surface area contributed by atoms with Crippen molar-refractivity contribution in [3.05, 3.63) is 90.1 Å². The van der Waals surface area contributed by atoms with Crippen LogP contribution in [0.4, 0.5) is 14.5 Å². The molecule has 0 bridgehead atoms. The van der Waals surface area contributed by atoms with E-state index in [9.17, 15) is 13.6 Å². The molecule has 1 aromatic heterocycles. The number of benzene rings is 3. The summed E-state index contributed by atoms with van der Waals surface area (Å²) in [6.07, 6.45) is 1.58. The van der Waals surface area contributed by atoms with Crippen LogP contribution >= 0.6 is 0 Å². The molecule has 0 radical (unpaired) electrons. The van der Waals surface area contributed by atoms with Crippen LogP contribution in [0.2, 0.25) is 0 Å². The third-order valence-corrected chi connectivity index (χ3v) is 4.43. The summed E-state index contributed by atoms with van der Waals surface area (Å²) in [6, 6.07) is 18.1. The zero-order chi connectivity index (χ0) is 21.1. The lowest BCUT2D eigenvalue weighted by atomic mass is 10.1. The Morgan fingerprint density at radius 2 is 1.67 bits per heavy atom. The second-order valence-electron chi connectivity index (χ2n) is 6.37. The number of rotatable bonds is 5. The quantitative estimate of drug-likeness (QED) is 0.472. The molecule has 0 saturated carbocycles. The first-order valence-electron chi connectivity index (χ1n) is 9.02. The van der Waals surface area contributed by atoms with Gasteiger partial charge in [-0.1, -0.05) is 42.5 Å². The number of oxazole rings is 1. The summed E-state index contributed by atoms with van der Waals surface area (Å²) in [5.74, 6) is -2.09. The molecule has 0 aliphatic rings. The van der Waals surface area contributed by atoms with Crippen molar-refractivity contribution in [3.63, 3.8) is 0 Å². The smallest absolute Gasteiger partial charge is 0.256 e. The summed E-state index contributed by atoms with van der Waals surface area (Å²) in [5, 5.41) is 2.50. The molecule has 1 heterocycles. The van der Waals surface area contributed by atoms with E-state index < -0.39 is 23.3 Å². The number of carbonyl (C=O) groups excluding carboxylic acids is 1. The first-order chi connectivity index (χ1) is 14.6. The Labute approximate surface area is 171 Å². The van der Waals surface area contributed by atoms with E-state index >= 15 is 0 Å². The second kappa shape index (κ2) is 8.16. The minimum Gasteiger partial charge on any atom is -0.491 e. The largest absolute Gasteiger partial charge is 0.491 e. The number of hydrogen-bond donors (Lipinski definition) is 1. The second-order valence-corrected chi connectivity index (χ2v) is 6.37. The van der Waals surface area contributed by atoms with Gasteiger partial charge in [-0.3, -0.25) is 4.79 Å². The molecule has 0 atom stereocenters. The van der Waals surface area contributed by atoms with Crippen molar-refractivity contribution in [2.45, 2.75) is 0 Å². The topological polar surface area (TPSA) is 64.4 Å². The van der Waals surface area contributed by atoms with Crippen LogP contribution in [0.3, 0.4) is 0 Å². The van der Waals surface area contributed by atoms with Gasteiger partial charge in [0.25, 0.3) is 5.91 Å². The number of aromatic nitrogens is 1. The standard InChI is InChI=1S/C23H16F2N2O3/c1-29-21-18(24)11-15(12-19(21)25)27-22(28)16-9-5-6-10-17(16)23-26-13-20(30-23)14-7-3-2-4-8-14/h2-13H,1H3,(H,27,28). The zero-order valence-electron chi connectivity index (χ0n) is 15.9. The summed E-state index contributed by atoms with van der Waals surface area (Å²) in [4.78, 5) is 17.1. The molecule has 3 aromatic carbocycles. The summed E-state index contributed by atoms with van der Waals surface area (Å²) in [6.45, 7) is 0. The van der Waals surface area contributed by atoms with Gasteiger partial charge in [-0.15, -0.1) is 0 Å². The lowest BCUT2D eigenvalue weighted by Gasteiger charge is -2.10. The van der Waals surface area contributed by atoms with Crippen LogP contribution in [0, 0.1) is 11.6 Å². The molecule has 0 aliphatic carbocycles. The summed E-state index contributed by atoms with van der Waals surface area (Å²) >= 11 is 0. The maximum Gasteiger partial charge on any atom is 0.256 e. The molecule has 4 aromatic rings. The van der Waals surface area contributed by atoms with E-state index in [0.29, 0.717) is 11.3 Å². The lowest BCUT2D eigenvalue weighted by molar-refractivity contribution is 0.102. The van der Waals surface area contributed by atoms with Crippen molar-refractivity contribution < 1.29 is 22.7 Å². The fraction of sp³-hybridized carbons (Fsp3) is 0.0435. The van der Waals surface area contributed by atoms with Crippen LogP contribution in [-0.2, 0) is 0 Å². The molecule has 0 saturated heterocycles. The molecular weight excluding hydrogens is 390 g/mol. The Hall–Kier alpha value is -4.00. The Morgan fingerprint density at radius 1 is 1.00 bits per heavy atom. The van der Waals surface area contributed by atoms with Crippen LogP contribution in [0.15, 0.2) is 77.3 Å². The molecular formula is C23H16F2N2O3. The molecule has 4 rings (SSSR count). The number of anilines is 1. The highest BCUT2D eigenvalue weighted by Gasteiger charge is 2.19. The normalized spacial score (nSPS) is 10.6. The van der Waals surface area contributed by atoms with E-state index in [2.05, 4.69) is 15.0 Å². The van der Waals surface area contributed by atoms with Crippen LogP contribution in [0.5, 0.6) is 5.75 Å². The average Bonchev–Trinajstić information content (AvgIpc) is 3.24. The summed E-state index contributed by atoms with van der Waals surface area (Å²) in [5.41, 5.74) is 1.51. The monoisotopic (exact) mass is 406 g/mol. The maximum absolute atomic E-state index is 13.9. The molecule has 0 unspecified atom stereocenters. The van der Waals surface area contributed by atoms with Crippen molar-refractivity contribution >= 4 is 11.6 Å². The molecule has 0 fully saturated rings. The third kappa shape index (κ3) is 3.77. The number of hydrogen-bond acceptors (Lipinski definition) is 4. The molecule has 0 spiro atoms. The molecule has 30 heavy (non-hydrogen) atoms. The van der Waals surface area contributed by atoms with E-state index in [-0.39, 0.29) is 17.1 Å². The molecule has 1 amide bonds. The number of methoxy groups -OCH3 is 1. The maximum atomic E-state index is 13.9. The van der Waals surface area contributed by atoms with Gasteiger partial charge in [0.05, 0.1) is 18.9 Å². The van der Waals surface area contributed by atoms with Gasteiger partial charge in [-0.05, 0) is 12.1 Å². The van der Waals surface area contributed by atoms with Gasteiger partial charge in [0.2, 0.25) is 5.89 Å². The SMILES string of the molecule is COc1c(F)cc(NC(=O)c2ccccc2-c2ncc(-c3ccccc3)o2)cc1F. The predicted octanol–water partition coefficient (Wildman–Crippen LogP) is 5.55. The highest BCUT2D eigenvalue weighted by molar-refractivity contribution is 6.08. The first-order valence-corrected chi connectivity index (χ1v) is 9.02. The minimum atomic E-state index is -0.915. The van der Waals surface area contributed by atoms with Gasteiger partial charge in [0.1, 0.15) is 0 Å². The van der Waals surface area contributed by atoms with E-state index in [1.165, 1.54) is 0 Å². The van der Waals surface area contributed by atoms with Crippen LogP contribution in [-0.4, -0.2) is 18.0 Å². The molecule has 150 valence electrons. The van der Waals surface area contributed by atoms with Gasteiger partial charge >= 0.3 is 0 Å². The summed E-state index contributed by atoms with van der Waals surface area (Å²) in [7, 11) is 1.16. The van der Waals surface area contributed by atoms with E-state index in [1.807, 2.05) is 30.3 Å². The van der Waals surface area contributed by atoms with Crippen molar-refractivity contribution in [2.75, 3.05) is 12.4 Å². The Balaban J connectivity index is 1.64. The highest BCUT2D eigenvalue weighted by Crippen LogP contribution is 2.29. The number of nitrogens with one attached hydrogen (secondary N) is 1. The van der Waals surface area contributed by atoms with Gasteiger partial charge in [0, 0.05) is 28.9 Å². The Morgan fingerprint density at radius 3 is 2.37 bits per heavy atom.